The molecule has 1 aromatic heterocycles. The van der Waals surface area contributed by atoms with Crippen molar-refractivity contribution in [2.45, 2.75) is 6.54 Å². The molecular weight excluding hydrogens is 310 g/mol. The molecule has 0 amide bonds. The van der Waals surface area contributed by atoms with Crippen LogP contribution < -0.4 is 10.9 Å². The van der Waals surface area contributed by atoms with Crippen LogP contribution in [0.4, 0.5) is 5.69 Å². The zero-order valence-electron chi connectivity index (χ0n) is 12.7. The zero-order chi connectivity index (χ0) is 16.2. The minimum Gasteiger partial charge on any atom is -0.388 e. The number of hydrogen-bond acceptors (Lipinski definition) is 3. The molecule has 0 saturated carbocycles. The van der Waals surface area contributed by atoms with Gasteiger partial charge in [-0.1, -0.05) is 35.9 Å². The van der Waals surface area contributed by atoms with Crippen LogP contribution in [-0.2, 0) is 6.54 Å². The Morgan fingerprint density at radius 1 is 1.00 bits per heavy atom. The van der Waals surface area contributed by atoms with E-state index in [0.29, 0.717) is 11.6 Å². The number of aromatic nitrogens is 2. The lowest BCUT2D eigenvalue weighted by molar-refractivity contribution is 0.643. The first-order valence-corrected chi connectivity index (χ1v) is 7.64. The number of rotatable bonds is 4. The molecule has 2 aromatic carbocycles. The highest BCUT2D eigenvalue weighted by Crippen LogP contribution is 2.18. The Morgan fingerprint density at radius 3 is 2.35 bits per heavy atom. The second-order valence-electron chi connectivity index (χ2n) is 5.17. The molecule has 0 unspecified atom stereocenters. The third-order valence-electron chi connectivity index (χ3n) is 3.58. The number of benzene rings is 2. The summed E-state index contributed by atoms with van der Waals surface area (Å²) in [5, 5.41) is 8.22. The van der Waals surface area contributed by atoms with Gasteiger partial charge in [-0.15, -0.1) is 0 Å². The summed E-state index contributed by atoms with van der Waals surface area (Å²) in [5.41, 5.74) is 3.61. The maximum absolute atomic E-state index is 12.0. The maximum atomic E-state index is 12.0. The van der Waals surface area contributed by atoms with Crippen LogP contribution in [0.3, 0.4) is 0 Å². The van der Waals surface area contributed by atoms with Crippen LogP contribution in [0.5, 0.6) is 0 Å². The fourth-order valence-electron chi connectivity index (χ4n) is 2.29. The standard InChI is InChI=1S/C18H16ClN3O/c1-20-16-8-4-14(5-9-16)17-10-11-18(23)22(21-17)12-13-2-6-15(19)7-3-13/h2-11,20H,12H2,1H3. The molecule has 0 aliphatic rings. The van der Waals surface area contributed by atoms with Crippen molar-refractivity contribution in [2.24, 2.45) is 0 Å². The smallest absolute Gasteiger partial charge is 0.267 e. The van der Waals surface area contributed by atoms with Crippen molar-refractivity contribution in [1.82, 2.24) is 9.78 Å². The first-order chi connectivity index (χ1) is 11.2. The monoisotopic (exact) mass is 325 g/mol. The fourth-order valence-corrected chi connectivity index (χ4v) is 2.41. The van der Waals surface area contributed by atoms with Crippen molar-refractivity contribution in [3.05, 3.63) is 81.6 Å². The summed E-state index contributed by atoms with van der Waals surface area (Å²) >= 11 is 5.89. The lowest BCUT2D eigenvalue weighted by Crippen LogP contribution is -2.22. The van der Waals surface area contributed by atoms with Gasteiger partial charge in [-0.25, -0.2) is 4.68 Å². The van der Waals surface area contributed by atoms with Gasteiger partial charge in [-0.05, 0) is 35.9 Å². The molecule has 3 rings (SSSR count). The van der Waals surface area contributed by atoms with Crippen LogP contribution in [0.1, 0.15) is 5.56 Å². The third kappa shape index (κ3) is 3.60. The van der Waals surface area contributed by atoms with E-state index in [1.165, 1.54) is 4.68 Å². The van der Waals surface area contributed by atoms with Crippen LogP contribution in [0.25, 0.3) is 11.3 Å². The van der Waals surface area contributed by atoms with E-state index >= 15 is 0 Å². The molecule has 1 N–H and O–H groups in total. The Bertz CT molecular complexity index is 855. The molecule has 3 aromatic rings. The second-order valence-corrected chi connectivity index (χ2v) is 5.60. The molecule has 0 fully saturated rings. The minimum atomic E-state index is -0.129. The van der Waals surface area contributed by atoms with Crippen molar-refractivity contribution in [1.29, 1.82) is 0 Å². The van der Waals surface area contributed by atoms with Crippen LogP contribution in [-0.4, -0.2) is 16.8 Å². The van der Waals surface area contributed by atoms with E-state index in [4.69, 9.17) is 11.6 Å². The lowest BCUT2D eigenvalue weighted by atomic mass is 10.1. The largest absolute Gasteiger partial charge is 0.388 e. The first kappa shape index (κ1) is 15.3. The molecule has 116 valence electrons. The molecule has 0 aliphatic carbocycles. The van der Waals surface area contributed by atoms with Gasteiger partial charge in [0.25, 0.3) is 5.56 Å². The number of halogens is 1. The second kappa shape index (κ2) is 6.67. The summed E-state index contributed by atoms with van der Waals surface area (Å²) in [7, 11) is 1.87. The van der Waals surface area contributed by atoms with Crippen molar-refractivity contribution in [3.63, 3.8) is 0 Å². The maximum Gasteiger partial charge on any atom is 0.267 e. The Kier molecular flexibility index (Phi) is 4.44. The molecule has 23 heavy (non-hydrogen) atoms. The van der Waals surface area contributed by atoms with E-state index in [-0.39, 0.29) is 5.56 Å². The van der Waals surface area contributed by atoms with Gasteiger partial charge in [-0.3, -0.25) is 4.79 Å². The fraction of sp³-hybridized carbons (Fsp3) is 0.111. The molecule has 0 atom stereocenters. The van der Waals surface area contributed by atoms with Gasteiger partial charge < -0.3 is 5.32 Å². The van der Waals surface area contributed by atoms with E-state index in [1.54, 1.807) is 12.1 Å². The van der Waals surface area contributed by atoms with Gasteiger partial charge in [0.05, 0.1) is 12.2 Å². The molecule has 0 bridgehead atoms. The molecular formula is C18H16ClN3O. The van der Waals surface area contributed by atoms with Crippen LogP contribution in [0.2, 0.25) is 5.02 Å². The Hall–Kier alpha value is -2.59. The summed E-state index contributed by atoms with van der Waals surface area (Å²) < 4.78 is 1.46. The Balaban J connectivity index is 1.91. The summed E-state index contributed by atoms with van der Waals surface area (Å²) in [6, 6.07) is 18.6. The average Bonchev–Trinajstić information content (AvgIpc) is 2.59. The summed E-state index contributed by atoms with van der Waals surface area (Å²) in [6.07, 6.45) is 0. The van der Waals surface area contributed by atoms with E-state index in [9.17, 15) is 4.79 Å². The quantitative estimate of drug-likeness (QED) is 0.796. The van der Waals surface area contributed by atoms with Crippen LogP contribution >= 0.6 is 11.6 Å². The highest BCUT2D eigenvalue weighted by molar-refractivity contribution is 6.30. The average molecular weight is 326 g/mol. The molecule has 5 heteroatoms. The molecule has 0 spiro atoms. The molecule has 4 nitrogen and oxygen atoms in total. The van der Waals surface area contributed by atoms with Gasteiger partial charge in [0, 0.05) is 29.4 Å². The number of nitrogens with zero attached hydrogens (tertiary/aromatic N) is 2. The van der Waals surface area contributed by atoms with E-state index < -0.39 is 0 Å². The zero-order valence-corrected chi connectivity index (χ0v) is 13.4. The van der Waals surface area contributed by atoms with Gasteiger partial charge >= 0.3 is 0 Å². The van der Waals surface area contributed by atoms with E-state index in [1.807, 2.05) is 55.6 Å². The molecule has 1 heterocycles. The molecule has 0 saturated heterocycles. The molecule has 0 radical (unpaired) electrons. The topological polar surface area (TPSA) is 46.9 Å². The summed E-state index contributed by atoms with van der Waals surface area (Å²) in [4.78, 5) is 12.0. The normalized spacial score (nSPS) is 10.5. The van der Waals surface area contributed by atoms with Crippen molar-refractivity contribution in [3.8, 4) is 11.3 Å². The number of hydrogen-bond donors (Lipinski definition) is 1. The van der Waals surface area contributed by atoms with Gasteiger partial charge in [0.15, 0.2) is 0 Å². The van der Waals surface area contributed by atoms with Crippen molar-refractivity contribution < 1.29 is 0 Å². The van der Waals surface area contributed by atoms with E-state index in [2.05, 4.69) is 10.4 Å². The number of anilines is 1. The van der Waals surface area contributed by atoms with Crippen molar-refractivity contribution in [2.75, 3.05) is 12.4 Å². The Labute approximate surface area is 139 Å². The summed E-state index contributed by atoms with van der Waals surface area (Å²) in [6.45, 7) is 0.415. The lowest BCUT2D eigenvalue weighted by Gasteiger charge is -2.08. The number of nitrogens with one attached hydrogen (secondary N) is 1. The third-order valence-corrected chi connectivity index (χ3v) is 3.83. The van der Waals surface area contributed by atoms with Crippen LogP contribution in [0.15, 0.2) is 65.5 Å². The highest BCUT2D eigenvalue weighted by atomic mass is 35.5. The summed E-state index contributed by atoms with van der Waals surface area (Å²) in [5.74, 6) is 0. The van der Waals surface area contributed by atoms with Gasteiger partial charge in [0.1, 0.15) is 0 Å². The van der Waals surface area contributed by atoms with Crippen LogP contribution in [0, 0.1) is 0 Å². The SMILES string of the molecule is CNc1ccc(-c2ccc(=O)n(Cc3ccc(Cl)cc3)n2)cc1. The molecule has 0 aliphatic heterocycles. The minimum absolute atomic E-state index is 0.129. The first-order valence-electron chi connectivity index (χ1n) is 7.26. The Morgan fingerprint density at radius 2 is 1.70 bits per heavy atom. The van der Waals surface area contributed by atoms with Crippen molar-refractivity contribution >= 4 is 17.3 Å². The van der Waals surface area contributed by atoms with Gasteiger partial charge in [0.2, 0.25) is 0 Å². The van der Waals surface area contributed by atoms with Gasteiger partial charge in [-0.2, -0.15) is 5.10 Å². The predicted octanol–water partition coefficient (Wildman–Crippen LogP) is 3.65. The predicted molar refractivity (Wildman–Crippen MR) is 94.0 cm³/mol. The van der Waals surface area contributed by atoms with E-state index in [0.717, 1.165) is 22.5 Å². The highest BCUT2D eigenvalue weighted by Gasteiger charge is 2.05.